The Morgan fingerprint density at radius 2 is 2.50 bits per heavy atom. The van der Waals surface area contributed by atoms with Crippen molar-refractivity contribution in [2.75, 3.05) is 6.61 Å². The molecule has 0 rings (SSSR count). The molecule has 5 nitrogen and oxygen atoms in total. The zero-order valence-electron chi connectivity index (χ0n) is 5.21. The Balaban J connectivity index is 3.50. The minimum Gasteiger partial charge on any atom is -0.480 e. The number of nitrogens with one attached hydrogen (secondary N) is 1. The van der Waals surface area contributed by atoms with Crippen molar-refractivity contribution >= 4 is 17.7 Å². The molecular weight excluding hydrogens is 160 g/mol. The van der Waals surface area contributed by atoms with Gasteiger partial charge in [0.15, 0.2) is 0 Å². The predicted molar refractivity (Wildman–Crippen MR) is 35.2 cm³/mol. The van der Waals surface area contributed by atoms with Crippen LogP contribution in [-0.4, -0.2) is 23.7 Å². The maximum atomic E-state index is 10.2. The van der Waals surface area contributed by atoms with E-state index in [1.807, 2.05) is 0 Å². The molecule has 0 amide bonds. The van der Waals surface area contributed by atoms with Gasteiger partial charge in [0.05, 0.1) is 6.61 Å². The summed E-state index contributed by atoms with van der Waals surface area (Å²) in [5.41, 5.74) is 0. The SMILES string of the molecule is NOCC[C@H](NCl)C(=O)O. The van der Waals surface area contributed by atoms with Gasteiger partial charge in [-0.15, -0.1) is 0 Å². The van der Waals surface area contributed by atoms with Crippen molar-refractivity contribution in [2.45, 2.75) is 12.5 Å². The smallest absolute Gasteiger partial charge is 0.322 e. The molecule has 0 aliphatic carbocycles. The second kappa shape index (κ2) is 5.43. The fraction of sp³-hybridized carbons (Fsp3) is 0.750. The van der Waals surface area contributed by atoms with Crippen LogP contribution >= 0.6 is 11.8 Å². The fourth-order valence-electron chi connectivity index (χ4n) is 0.411. The summed E-state index contributed by atoms with van der Waals surface area (Å²) in [5.74, 6) is 3.65. The lowest BCUT2D eigenvalue weighted by atomic mass is 10.2. The van der Waals surface area contributed by atoms with Gasteiger partial charge in [-0.3, -0.25) is 4.79 Å². The highest BCUT2D eigenvalue weighted by Crippen LogP contribution is 1.92. The Bertz CT molecular complexity index is 111. The Morgan fingerprint density at radius 3 is 2.80 bits per heavy atom. The van der Waals surface area contributed by atoms with E-state index in [9.17, 15) is 4.79 Å². The molecule has 0 saturated carbocycles. The Hall–Kier alpha value is -0.360. The van der Waals surface area contributed by atoms with Gasteiger partial charge in [0.25, 0.3) is 0 Å². The highest BCUT2D eigenvalue weighted by Gasteiger charge is 2.14. The summed E-state index contributed by atoms with van der Waals surface area (Å²) in [7, 11) is 0. The minimum absolute atomic E-state index is 0.163. The van der Waals surface area contributed by atoms with Crippen LogP contribution in [0, 0.1) is 0 Å². The molecule has 0 aromatic heterocycles. The zero-order chi connectivity index (χ0) is 7.98. The Labute approximate surface area is 63.2 Å². The van der Waals surface area contributed by atoms with Crippen molar-refractivity contribution in [3.63, 3.8) is 0 Å². The van der Waals surface area contributed by atoms with E-state index >= 15 is 0 Å². The van der Waals surface area contributed by atoms with Gasteiger partial charge < -0.3 is 9.94 Å². The third-order valence-electron chi connectivity index (χ3n) is 0.954. The quantitative estimate of drug-likeness (QED) is 0.380. The summed E-state index contributed by atoms with van der Waals surface area (Å²) in [6.07, 6.45) is 0.245. The molecule has 60 valence electrons. The van der Waals surface area contributed by atoms with Gasteiger partial charge in [-0.25, -0.2) is 10.7 Å². The lowest BCUT2D eigenvalue weighted by Gasteiger charge is -2.06. The third kappa shape index (κ3) is 3.62. The second-order valence-electron chi connectivity index (χ2n) is 1.66. The van der Waals surface area contributed by atoms with Gasteiger partial charge in [-0.1, -0.05) is 0 Å². The van der Waals surface area contributed by atoms with Gasteiger partial charge >= 0.3 is 5.97 Å². The van der Waals surface area contributed by atoms with Crippen LogP contribution in [0.25, 0.3) is 0 Å². The van der Waals surface area contributed by atoms with Crippen LogP contribution in [-0.2, 0) is 9.63 Å². The molecule has 0 heterocycles. The summed E-state index contributed by atoms with van der Waals surface area (Å²) >= 11 is 5.07. The largest absolute Gasteiger partial charge is 0.480 e. The molecule has 0 bridgehead atoms. The number of halogens is 1. The number of carboxylic acid groups (broad SMARTS) is 1. The summed E-state index contributed by atoms with van der Waals surface area (Å²) in [6.45, 7) is 0.163. The fourth-order valence-corrected chi connectivity index (χ4v) is 0.613. The average molecular weight is 169 g/mol. The van der Waals surface area contributed by atoms with Crippen LogP contribution in [0.5, 0.6) is 0 Å². The Morgan fingerprint density at radius 1 is 1.90 bits per heavy atom. The van der Waals surface area contributed by atoms with Crippen LogP contribution < -0.4 is 10.7 Å². The molecule has 0 unspecified atom stereocenters. The predicted octanol–water partition coefficient (Wildman–Crippen LogP) is -0.537. The topological polar surface area (TPSA) is 84.6 Å². The molecule has 4 N–H and O–H groups in total. The highest BCUT2D eigenvalue weighted by molar-refractivity contribution is 6.14. The molecule has 0 aromatic carbocycles. The standard InChI is InChI=1S/C4H9ClN2O3/c5-7-3(4(8)9)1-2-10-6/h3,7H,1-2,6H2,(H,8,9)/t3-/m0/s1. The lowest BCUT2D eigenvalue weighted by Crippen LogP contribution is -2.32. The van der Waals surface area contributed by atoms with E-state index < -0.39 is 12.0 Å². The van der Waals surface area contributed by atoms with Gasteiger partial charge in [0, 0.05) is 0 Å². The molecule has 0 aliphatic heterocycles. The normalized spacial score (nSPS) is 13.0. The van der Waals surface area contributed by atoms with Crippen LogP contribution in [0.2, 0.25) is 0 Å². The monoisotopic (exact) mass is 168 g/mol. The molecule has 0 aliphatic rings. The number of hydrogen-bond acceptors (Lipinski definition) is 4. The number of aliphatic carboxylic acids is 1. The van der Waals surface area contributed by atoms with Gasteiger partial charge in [-0.05, 0) is 18.2 Å². The van der Waals surface area contributed by atoms with Crippen molar-refractivity contribution in [3.8, 4) is 0 Å². The van der Waals surface area contributed by atoms with Crippen LogP contribution in [0.4, 0.5) is 0 Å². The molecular formula is C4H9ClN2O3. The van der Waals surface area contributed by atoms with Gasteiger partial charge in [-0.2, -0.15) is 0 Å². The van der Waals surface area contributed by atoms with Crippen LogP contribution in [0.3, 0.4) is 0 Å². The van der Waals surface area contributed by atoms with E-state index in [2.05, 4.69) is 15.6 Å². The highest BCUT2D eigenvalue weighted by atomic mass is 35.5. The minimum atomic E-state index is -1.02. The first kappa shape index (κ1) is 9.64. The molecule has 10 heavy (non-hydrogen) atoms. The third-order valence-corrected chi connectivity index (χ3v) is 1.22. The van der Waals surface area contributed by atoms with Crippen LogP contribution in [0.15, 0.2) is 0 Å². The van der Waals surface area contributed by atoms with E-state index in [4.69, 9.17) is 16.9 Å². The molecule has 0 aromatic rings. The number of carbonyl (C=O) groups is 1. The number of hydrogen-bond donors (Lipinski definition) is 3. The maximum absolute atomic E-state index is 10.2. The second-order valence-corrected chi connectivity index (χ2v) is 1.88. The molecule has 1 atom stereocenters. The number of nitrogens with two attached hydrogens (primary N) is 1. The summed E-state index contributed by atoms with van der Waals surface area (Å²) in [6, 6.07) is -0.801. The number of rotatable bonds is 5. The molecule has 0 saturated heterocycles. The van der Waals surface area contributed by atoms with Crippen molar-refractivity contribution in [2.24, 2.45) is 5.90 Å². The molecule has 0 radical (unpaired) electrons. The molecule has 0 spiro atoms. The van der Waals surface area contributed by atoms with E-state index in [1.165, 1.54) is 0 Å². The Kier molecular flexibility index (Phi) is 5.23. The van der Waals surface area contributed by atoms with Gasteiger partial charge in [0.1, 0.15) is 6.04 Å². The van der Waals surface area contributed by atoms with Crippen molar-refractivity contribution in [1.29, 1.82) is 0 Å². The first-order valence-electron chi connectivity index (χ1n) is 2.63. The average Bonchev–Trinajstić information content (AvgIpc) is 1.89. The summed E-state index contributed by atoms with van der Waals surface area (Å²) < 4.78 is 0. The van der Waals surface area contributed by atoms with Crippen molar-refractivity contribution in [3.05, 3.63) is 0 Å². The first-order valence-corrected chi connectivity index (χ1v) is 3.00. The van der Waals surface area contributed by atoms with Gasteiger partial charge in [0.2, 0.25) is 0 Å². The van der Waals surface area contributed by atoms with E-state index in [1.54, 1.807) is 0 Å². The van der Waals surface area contributed by atoms with Crippen LogP contribution in [0.1, 0.15) is 6.42 Å². The lowest BCUT2D eigenvalue weighted by molar-refractivity contribution is -0.139. The van der Waals surface area contributed by atoms with E-state index in [0.29, 0.717) is 0 Å². The first-order chi connectivity index (χ1) is 4.72. The van der Waals surface area contributed by atoms with E-state index in [-0.39, 0.29) is 13.0 Å². The van der Waals surface area contributed by atoms with Crippen molar-refractivity contribution in [1.82, 2.24) is 4.84 Å². The molecule has 6 heteroatoms. The van der Waals surface area contributed by atoms with E-state index in [0.717, 1.165) is 0 Å². The molecule has 0 fully saturated rings. The zero-order valence-corrected chi connectivity index (χ0v) is 5.97. The number of carboxylic acids is 1. The van der Waals surface area contributed by atoms with Crippen molar-refractivity contribution < 1.29 is 14.7 Å². The summed E-state index contributed by atoms with van der Waals surface area (Å²) in [5, 5.41) is 8.36. The maximum Gasteiger partial charge on any atom is 0.322 e. The summed E-state index contributed by atoms with van der Waals surface area (Å²) in [4.78, 5) is 16.4.